The largest absolute Gasteiger partial charge is 0.418 e. The predicted octanol–water partition coefficient (Wildman–Crippen LogP) is 4.42. The Morgan fingerprint density at radius 2 is 1.77 bits per heavy atom. The second-order valence-electron chi connectivity index (χ2n) is 4.72. The van der Waals surface area contributed by atoms with E-state index in [0.29, 0.717) is 5.56 Å². The highest BCUT2D eigenvalue weighted by molar-refractivity contribution is 5.91. The zero-order valence-corrected chi connectivity index (χ0v) is 11.5. The van der Waals surface area contributed by atoms with Gasteiger partial charge in [-0.15, -0.1) is 0 Å². The van der Waals surface area contributed by atoms with Crippen molar-refractivity contribution < 1.29 is 22.4 Å². The minimum absolute atomic E-state index is 0.0321. The van der Waals surface area contributed by atoms with Crippen LogP contribution in [-0.4, -0.2) is 5.91 Å². The first-order chi connectivity index (χ1) is 10.4. The van der Waals surface area contributed by atoms with E-state index in [9.17, 15) is 22.4 Å². The molecule has 2 aromatic carbocycles. The fraction of sp³-hybridized carbons (Fsp3) is 0.188. The number of amides is 1. The maximum Gasteiger partial charge on any atom is 0.418 e. The molecule has 2 aromatic rings. The first-order valence-electron chi connectivity index (χ1n) is 6.57. The highest BCUT2D eigenvalue weighted by atomic mass is 19.4. The van der Waals surface area contributed by atoms with Gasteiger partial charge in [0.25, 0.3) is 0 Å². The monoisotopic (exact) mass is 311 g/mol. The van der Waals surface area contributed by atoms with E-state index >= 15 is 0 Å². The smallest absolute Gasteiger partial charge is 0.325 e. The highest BCUT2D eigenvalue weighted by Crippen LogP contribution is 2.34. The van der Waals surface area contributed by atoms with Gasteiger partial charge in [0.1, 0.15) is 5.82 Å². The van der Waals surface area contributed by atoms with Crippen molar-refractivity contribution in [1.82, 2.24) is 0 Å². The van der Waals surface area contributed by atoms with Crippen LogP contribution in [0.15, 0.2) is 48.5 Å². The SMILES string of the molecule is O=C(CCc1cccc(F)c1)Nc1ccccc1C(F)(F)F. The van der Waals surface area contributed by atoms with Crippen molar-refractivity contribution in [1.29, 1.82) is 0 Å². The number of hydrogen-bond donors (Lipinski definition) is 1. The molecular weight excluding hydrogens is 298 g/mol. The van der Waals surface area contributed by atoms with Crippen molar-refractivity contribution in [2.75, 3.05) is 5.32 Å². The number of anilines is 1. The molecule has 0 aliphatic heterocycles. The van der Waals surface area contributed by atoms with Gasteiger partial charge in [0, 0.05) is 6.42 Å². The second kappa shape index (κ2) is 6.60. The highest BCUT2D eigenvalue weighted by Gasteiger charge is 2.33. The summed E-state index contributed by atoms with van der Waals surface area (Å²) >= 11 is 0. The van der Waals surface area contributed by atoms with Gasteiger partial charge in [0.15, 0.2) is 0 Å². The molecule has 0 saturated heterocycles. The molecule has 1 amide bonds. The van der Waals surface area contributed by atoms with Crippen molar-refractivity contribution in [2.45, 2.75) is 19.0 Å². The summed E-state index contributed by atoms with van der Waals surface area (Å²) in [6.45, 7) is 0. The number of nitrogens with one attached hydrogen (secondary N) is 1. The molecule has 0 bridgehead atoms. The van der Waals surface area contributed by atoms with Crippen LogP contribution in [0.2, 0.25) is 0 Å². The Morgan fingerprint density at radius 1 is 1.05 bits per heavy atom. The van der Waals surface area contributed by atoms with E-state index in [0.717, 1.165) is 6.07 Å². The van der Waals surface area contributed by atoms with Crippen LogP contribution < -0.4 is 5.32 Å². The number of aryl methyl sites for hydroxylation is 1. The van der Waals surface area contributed by atoms with E-state index in [-0.39, 0.29) is 18.5 Å². The second-order valence-corrected chi connectivity index (χ2v) is 4.72. The van der Waals surface area contributed by atoms with Gasteiger partial charge in [-0.3, -0.25) is 4.79 Å². The number of benzene rings is 2. The summed E-state index contributed by atoms with van der Waals surface area (Å²) in [5.74, 6) is -0.971. The zero-order chi connectivity index (χ0) is 16.2. The van der Waals surface area contributed by atoms with Crippen molar-refractivity contribution in [2.24, 2.45) is 0 Å². The molecule has 2 nitrogen and oxygen atoms in total. The molecule has 116 valence electrons. The lowest BCUT2D eigenvalue weighted by molar-refractivity contribution is -0.137. The van der Waals surface area contributed by atoms with Crippen molar-refractivity contribution in [3.8, 4) is 0 Å². The molecule has 22 heavy (non-hydrogen) atoms. The number of para-hydroxylation sites is 1. The normalized spacial score (nSPS) is 11.3. The van der Waals surface area contributed by atoms with Gasteiger partial charge in [-0.1, -0.05) is 24.3 Å². The molecule has 6 heteroatoms. The molecule has 0 unspecified atom stereocenters. The molecule has 2 rings (SSSR count). The standard InChI is InChI=1S/C16H13F4NO/c17-12-5-3-4-11(10-12)8-9-15(22)21-14-7-2-1-6-13(14)16(18,19)20/h1-7,10H,8-9H2,(H,21,22). The van der Waals surface area contributed by atoms with Crippen LogP contribution in [0.25, 0.3) is 0 Å². The third-order valence-electron chi connectivity index (χ3n) is 3.04. The van der Waals surface area contributed by atoms with E-state index in [4.69, 9.17) is 0 Å². The Morgan fingerprint density at radius 3 is 2.45 bits per heavy atom. The Labute approximate surface area is 124 Å². The third kappa shape index (κ3) is 4.31. The lowest BCUT2D eigenvalue weighted by Gasteiger charge is -2.13. The number of hydrogen-bond acceptors (Lipinski definition) is 1. The van der Waals surface area contributed by atoms with E-state index in [1.54, 1.807) is 6.07 Å². The number of rotatable bonds is 4. The Balaban J connectivity index is 2.01. The van der Waals surface area contributed by atoms with Gasteiger partial charge in [0.2, 0.25) is 5.91 Å². The number of halogens is 4. The third-order valence-corrected chi connectivity index (χ3v) is 3.04. The first-order valence-corrected chi connectivity index (χ1v) is 6.57. The average molecular weight is 311 g/mol. The van der Waals surface area contributed by atoms with Gasteiger partial charge in [-0.2, -0.15) is 13.2 Å². The Bertz CT molecular complexity index is 667. The van der Waals surface area contributed by atoms with Gasteiger partial charge >= 0.3 is 6.18 Å². The lowest BCUT2D eigenvalue weighted by Crippen LogP contribution is -2.16. The van der Waals surface area contributed by atoms with E-state index in [1.165, 1.54) is 36.4 Å². The van der Waals surface area contributed by atoms with E-state index < -0.39 is 23.5 Å². The number of carbonyl (C=O) groups excluding carboxylic acids is 1. The molecule has 0 aliphatic rings. The summed E-state index contributed by atoms with van der Waals surface area (Å²) in [5.41, 5.74) is -0.562. The van der Waals surface area contributed by atoms with Crippen LogP contribution in [0.3, 0.4) is 0 Å². The molecule has 0 radical (unpaired) electrons. The maximum atomic E-state index is 13.0. The summed E-state index contributed by atoms with van der Waals surface area (Å²) in [6.07, 6.45) is -4.32. The molecule has 0 aromatic heterocycles. The fourth-order valence-electron chi connectivity index (χ4n) is 2.00. The fourth-order valence-corrected chi connectivity index (χ4v) is 2.00. The van der Waals surface area contributed by atoms with Crippen LogP contribution in [0, 0.1) is 5.82 Å². The number of alkyl halides is 3. The quantitative estimate of drug-likeness (QED) is 0.832. The molecule has 0 heterocycles. The van der Waals surface area contributed by atoms with Crippen LogP contribution in [0.1, 0.15) is 17.5 Å². The summed E-state index contributed by atoms with van der Waals surface area (Å²) in [4.78, 5) is 11.8. The summed E-state index contributed by atoms with van der Waals surface area (Å²) in [6, 6.07) is 10.5. The van der Waals surface area contributed by atoms with Crippen LogP contribution in [0.4, 0.5) is 23.2 Å². The summed E-state index contributed by atoms with van der Waals surface area (Å²) in [7, 11) is 0. The Hall–Kier alpha value is -2.37. The van der Waals surface area contributed by atoms with E-state index in [2.05, 4.69) is 5.32 Å². The van der Waals surface area contributed by atoms with Crippen LogP contribution in [0.5, 0.6) is 0 Å². The molecule has 0 spiro atoms. The van der Waals surface area contributed by atoms with Gasteiger partial charge in [-0.25, -0.2) is 4.39 Å². The topological polar surface area (TPSA) is 29.1 Å². The van der Waals surface area contributed by atoms with Gasteiger partial charge in [0.05, 0.1) is 11.3 Å². The average Bonchev–Trinajstić information content (AvgIpc) is 2.45. The van der Waals surface area contributed by atoms with Gasteiger partial charge < -0.3 is 5.32 Å². The molecule has 0 fully saturated rings. The zero-order valence-electron chi connectivity index (χ0n) is 11.5. The van der Waals surface area contributed by atoms with E-state index in [1.807, 2.05) is 0 Å². The predicted molar refractivity (Wildman–Crippen MR) is 74.8 cm³/mol. The molecule has 0 aliphatic carbocycles. The minimum atomic E-state index is -4.54. The lowest BCUT2D eigenvalue weighted by atomic mass is 10.1. The van der Waals surface area contributed by atoms with Crippen molar-refractivity contribution in [3.05, 3.63) is 65.5 Å². The molecule has 0 atom stereocenters. The van der Waals surface area contributed by atoms with Crippen molar-refractivity contribution in [3.63, 3.8) is 0 Å². The van der Waals surface area contributed by atoms with Crippen LogP contribution in [-0.2, 0) is 17.4 Å². The maximum absolute atomic E-state index is 13.0. The first kappa shape index (κ1) is 16.0. The number of carbonyl (C=O) groups is 1. The summed E-state index contributed by atoms with van der Waals surface area (Å²) in [5, 5.41) is 2.25. The summed E-state index contributed by atoms with van der Waals surface area (Å²) < 4.78 is 51.4. The Kier molecular flexibility index (Phi) is 4.80. The minimum Gasteiger partial charge on any atom is -0.325 e. The van der Waals surface area contributed by atoms with Gasteiger partial charge in [-0.05, 0) is 36.2 Å². The molecular formula is C16H13F4NO. The van der Waals surface area contributed by atoms with Crippen molar-refractivity contribution >= 4 is 11.6 Å². The molecule has 0 saturated carbocycles. The van der Waals surface area contributed by atoms with Crippen LogP contribution >= 0.6 is 0 Å². The molecule has 1 N–H and O–H groups in total.